The maximum atomic E-state index is 11.8. The minimum Gasteiger partial charge on any atom is -0.391 e. The Hall–Kier alpha value is -0.790. The van der Waals surface area contributed by atoms with Crippen molar-refractivity contribution in [3.63, 3.8) is 0 Å². The Morgan fingerprint density at radius 3 is 1.64 bits per heavy atom. The molecule has 0 aliphatic rings. The minimum atomic E-state index is -0.298. The minimum absolute atomic E-state index is 0.00431. The first kappa shape index (κ1) is 13.2. The lowest BCUT2D eigenvalue weighted by molar-refractivity contribution is -0.121. The first-order valence-corrected chi connectivity index (χ1v) is 5.03. The van der Waals surface area contributed by atoms with E-state index in [2.05, 4.69) is 26.1 Å². The number of hydrogen-bond acceptors (Lipinski definition) is 2. The highest BCUT2D eigenvalue weighted by atomic mass is 16.1. The van der Waals surface area contributed by atoms with E-state index < -0.39 is 0 Å². The number of nitrogens with one attached hydrogen (secondary N) is 1. The molecule has 0 radical (unpaired) electrons. The Labute approximate surface area is 87.8 Å². The molecule has 2 heteroatoms. The van der Waals surface area contributed by atoms with Crippen molar-refractivity contribution >= 4 is 5.78 Å². The number of hydrogen-bond donors (Lipinski definition) is 1. The summed E-state index contributed by atoms with van der Waals surface area (Å²) >= 11 is 0. The summed E-state index contributed by atoms with van der Waals surface area (Å²) in [7, 11) is 1.85. The molecule has 0 bridgehead atoms. The van der Waals surface area contributed by atoms with Gasteiger partial charge in [0.05, 0.1) is 0 Å². The van der Waals surface area contributed by atoms with Crippen molar-refractivity contribution < 1.29 is 4.79 Å². The number of rotatable bonds is 2. The van der Waals surface area contributed by atoms with E-state index in [9.17, 15) is 4.79 Å². The predicted octanol–water partition coefficient (Wildman–Crippen LogP) is 2.75. The molecule has 0 aromatic heterocycles. The van der Waals surface area contributed by atoms with Crippen molar-refractivity contribution in [2.24, 2.45) is 10.8 Å². The Bertz CT molecular complexity index is 238. The molecule has 0 rings (SSSR count). The fraction of sp³-hybridized carbons (Fsp3) is 0.750. The zero-order valence-electron chi connectivity index (χ0n) is 10.5. The summed E-state index contributed by atoms with van der Waals surface area (Å²) in [5.74, 6) is 0.164. The molecule has 0 saturated heterocycles. The molecule has 0 heterocycles. The van der Waals surface area contributed by atoms with Gasteiger partial charge in [0, 0.05) is 29.7 Å². The van der Waals surface area contributed by atoms with Crippen LogP contribution < -0.4 is 5.32 Å². The molecule has 0 saturated carbocycles. The summed E-state index contributed by atoms with van der Waals surface area (Å²) in [6.07, 6.45) is 1.72. The third-order valence-corrected chi connectivity index (χ3v) is 2.09. The van der Waals surface area contributed by atoms with Gasteiger partial charge in [-0.25, -0.2) is 0 Å². The second kappa shape index (κ2) is 4.16. The molecular weight excluding hydrogens is 174 g/mol. The molecular formula is C12H23NO. The number of ketones is 1. The summed E-state index contributed by atoms with van der Waals surface area (Å²) in [6.45, 7) is 12.1. The third-order valence-electron chi connectivity index (χ3n) is 2.09. The van der Waals surface area contributed by atoms with E-state index in [1.807, 2.05) is 27.8 Å². The van der Waals surface area contributed by atoms with Gasteiger partial charge in [-0.2, -0.15) is 0 Å². The van der Waals surface area contributed by atoms with E-state index in [1.165, 1.54) is 0 Å². The first-order valence-electron chi connectivity index (χ1n) is 5.03. The third kappa shape index (κ3) is 3.95. The van der Waals surface area contributed by atoms with Gasteiger partial charge in [0.1, 0.15) is 0 Å². The fourth-order valence-corrected chi connectivity index (χ4v) is 1.01. The number of carbonyl (C=O) groups is 1. The molecule has 0 aliphatic carbocycles. The van der Waals surface area contributed by atoms with Gasteiger partial charge < -0.3 is 5.32 Å². The first-order chi connectivity index (χ1) is 6.09. The van der Waals surface area contributed by atoms with Crippen molar-refractivity contribution in [2.45, 2.75) is 41.5 Å². The molecule has 0 aromatic rings. The second-order valence-corrected chi connectivity index (χ2v) is 5.67. The highest BCUT2D eigenvalue weighted by Crippen LogP contribution is 2.24. The van der Waals surface area contributed by atoms with Crippen LogP contribution in [0.25, 0.3) is 0 Å². The van der Waals surface area contributed by atoms with Crippen LogP contribution in [0.2, 0.25) is 0 Å². The Kier molecular flexibility index (Phi) is 3.92. The number of allylic oxidation sites excluding steroid dienone is 2. The lowest BCUT2D eigenvalue weighted by Gasteiger charge is -2.24. The summed E-state index contributed by atoms with van der Waals surface area (Å²) in [5, 5.41) is 3.09. The van der Waals surface area contributed by atoms with Crippen LogP contribution in [0, 0.1) is 10.8 Å². The van der Waals surface area contributed by atoms with Crippen molar-refractivity contribution in [1.82, 2.24) is 5.32 Å². The van der Waals surface area contributed by atoms with Gasteiger partial charge in [-0.05, 0) is 0 Å². The molecule has 14 heavy (non-hydrogen) atoms. The Balaban J connectivity index is 4.89. The average Bonchev–Trinajstić information content (AvgIpc) is 1.95. The normalized spacial score (nSPS) is 14.1. The average molecular weight is 197 g/mol. The molecule has 0 aromatic carbocycles. The topological polar surface area (TPSA) is 29.1 Å². The van der Waals surface area contributed by atoms with Crippen LogP contribution in [0.15, 0.2) is 11.8 Å². The molecule has 0 atom stereocenters. The summed E-state index contributed by atoms with van der Waals surface area (Å²) in [4.78, 5) is 11.8. The zero-order valence-corrected chi connectivity index (χ0v) is 10.5. The second-order valence-electron chi connectivity index (χ2n) is 5.67. The Morgan fingerprint density at radius 1 is 1.00 bits per heavy atom. The monoisotopic (exact) mass is 197 g/mol. The van der Waals surface area contributed by atoms with E-state index in [4.69, 9.17) is 0 Å². The molecule has 0 aliphatic heterocycles. The maximum absolute atomic E-state index is 11.8. The van der Waals surface area contributed by atoms with Crippen molar-refractivity contribution in [1.29, 1.82) is 0 Å². The molecule has 0 unspecified atom stereocenters. The van der Waals surface area contributed by atoms with E-state index in [0.29, 0.717) is 0 Å². The SMILES string of the molecule is CNC(=CC(=O)C(C)(C)C)C(C)(C)C. The zero-order chi connectivity index (χ0) is 11.6. The smallest absolute Gasteiger partial charge is 0.162 e. The molecule has 0 amide bonds. The van der Waals surface area contributed by atoms with Gasteiger partial charge in [0.25, 0.3) is 0 Å². The standard InChI is InChI=1S/C12H23NO/c1-11(2,3)9(13-7)8-10(14)12(4,5)6/h8,13H,1-7H3. The van der Waals surface area contributed by atoms with Crippen molar-refractivity contribution in [3.05, 3.63) is 11.8 Å². The maximum Gasteiger partial charge on any atom is 0.162 e. The summed E-state index contributed by atoms with van der Waals surface area (Å²) < 4.78 is 0. The number of carbonyl (C=O) groups excluding carboxylic acids is 1. The van der Waals surface area contributed by atoms with E-state index >= 15 is 0 Å². The van der Waals surface area contributed by atoms with E-state index in [1.54, 1.807) is 6.08 Å². The van der Waals surface area contributed by atoms with Crippen LogP contribution in [-0.4, -0.2) is 12.8 Å². The molecule has 2 nitrogen and oxygen atoms in total. The van der Waals surface area contributed by atoms with Gasteiger partial charge in [-0.15, -0.1) is 0 Å². The van der Waals surface area contributed by atoms with Crippen LogP contribution >= 0.6 is 0 Å². The predicted molar refractivity (Wildman–Crippen MR) is 61.1 cm³/mol. The van der Waals surface area contributed by atoms with Gasteiger partial charge in [0.2, 0.25) is 0 Å². The van der Waals surface area contributed by atoms with E-state index in [-0.39, 0.29) is 16.6 Å². The summed E-state index contributed by atoms with van der Waals surface area (Å²) in [5.41, 5.74) is 0.681. The van der Waals surface area contributed by atoms with Gasteiger partial charge in [-0.1, -0.05) is 41.5 Å². The molecule has 0 fully saturated rings. The van der Waals surface area contributed by atoms with E-state index in [0.717, 1.165) is 5.70 Å². The Morgan fingerprint density at radius 2 is 1.43 bits per heavy atom. The quantitative estimate of drug-likeness (QED) is 0.690. The lowest BCUT2D eigenvalue weighted by atomic mass is 9.86. The van der Waals surface area contributed by atoms with Crippen LogP contribution in [-0.2, 0) is 4.79 Å². The lowest BCUT2D eigenvalue weighted by Crippen LogP contribution is -2.25. The van der Waals surface area contributed by atoms with Gasteiger partial charge in [-0.3, -0.25) is 4.79 Å². The summed E-state index contributed by atoms with van der Waals surface area (Å²) in [6, 6.07) is 0. The molecule has 1 N–H and O–H groups in total. The molecule has 82 valence electrons. The van der Waals surface area contributed by atoms with Crippen molar-refractivity contribution in [3.8, 4) is 0 Å². The van der Waals surface area contributed by atoms with Gasteiger partial charge in [0.15, 0.2) is 5.78 Å². The van der Waals surface area contributed by atoms with Crippen LogP contribution in [0.4, 0.5) is 0 Å². The highest BCUT2D eigenvalue weighted by Gasteiger charge is 2.23. The van der Waals surface area contributed by atoms with Crippen LogP contribution in [0.5, 0.6) is 0 Å². The van der Waals surface area contributed by atoms with Crippen molar-refractivity contribution in [2.75, 3.05) is 7.05 Å². The fourth-order valence-electron chi connectivity index (χ4n) is 1.01. The highest BCUT2D eigenvalue weighted by molar-refractivity contribution is 5.94. The largest absolute Gasteiger partial charge is 0.391 e. The van der Waals surface area contributed by atoms with Crippen LogP contribution in [0.3, 0.4) is 0 Å². The van der Waals surface area contributed by atoms with Crippen LogP contribution in [0.1, 0.15) is 41.5 Å². The van der Waals surface area contributed by atoms with Gasteiger partial charge >= 0.3 is 0 Å². The molecule has 0 spiro atoms.